The summed E-state index contributed by atoms with van der Waals surface area (Å²) >= 11 is 5.91. The van der Waals surface area contributed by atoms with Gasteiger partial charge in [-0.05, 0) is 51.3 Å². The van der Waals surface area contributed by atoms with E-state index in [9.17, 15) is 9.18 Å². The molecule has 136 valence electrons. The van der Waals surface area contributed by atoms with Crippen molar-refractivity contribution in [2.75, 3.05) is 6.54 Å². The third-order valence-corrected chi connectivity index (χ3v) is 3.47. The minimum atomic E-state index is -0.533. The van der Waals surface area contributed by atoms with Crippen molar-refractivity contribution >= 4 is 17.7 Å². The molecular weight excluding hydrogens is 331 g/mol. The molecule has 1 aromatic carbocycles. The van der Waals surface area contributed by atoms with Crippen molar-refractivity contribution in [3.8, 4) is 0 Å². The van der Waals surface area contributed by atoms with Gasteiger partial charge in [0.15, 0.2) is 0 Å². The molecule has 0 fully saturated rings. The van der Waals surface area contributed by atoms with Crippen molar-refractivity contribution in [3.63, 3.8) is 0 Å². The van der Waals surface area contributed by atoms with E-state index in [4.69, 9.17) is 16.3 Å². The van der Waals surface area contributed by atoms with E-state index in [0.29, 0.717) is 29.6 Å². The van der Waals surface area contributed by atoms with Gasteiger partial charge < -0.3 is 15.4 Å². The predicted molar refractivity (Wildman–Crippen MR) is 95.7 cm³/mol. The van der Waals surface area contributed by atoms with Crippen molar-refractivity contribution in [2.45, 2.75) is 59.2 Å². The fraction of sp³-hybridized carbons (Fsp3) is 0.611. The van der Waals surface area contributed by atoms with Gasteiger partial charge in [-0.25, -0.2) is 9.18 Å². The summed E-state index contributed by atoms with van der Waals surface area (Å²) in [6.45, 7) is 10.4. The standard InChI is InChI=1S/C18H28ClFN2O2/c1-12(2)8-15(11-22-17(23)24-18(3,4)5)21-10-13-9-14(19)6-7-16(13)20/h6-7,9,12,15,21H,8,10-11H2,1-5H3,(H,22,23). The van der Waals surface area contributed by atoms with E-state index in [1.807, 2.05) is 20.8 Å². The number of carbonyl (C=O) groups excluding carboxylic acids is 1. The minimum absolute atomic E-state index is 0.0101. The summed E-state index contributed by atoms with van der Waals surface area (Å²) in [6.07, 6.45) is 0.393. The quantitative estimate of drug-likeness (QED) is 0.754. The summed E-state index contributed by atoms with van der Waals surface area (Å²) in [5.74, 6) is 0.141. The summed E-state index contributed by atoms with van der Waals surface area (Å²) in [5, 5.41) is 6.55. The van der Waals surface area contributed by atoms with Crippen LogP contribution in [0.2, 0.25) is 5.02 Å². The lowest BCUT2D eigenvalue weighted by molar-refractivity contribution is 0.0520. The highest BCUT2D eigenvalue weighted by Crippen LogP contribution is 2.15. The zero-order valence-electron chi connectivity index (χ0n) is 15.1. The molecule has 0 spiro atoms. The lowest BCUT2D eigenvalue weighted by Crippen LogP contribution is -2.43. The number of benzene rings is 1. The van der Waals surface area contributed by atoms with Crippen molar-refractivity contribution in [2.24, 2.45) is 5.92 Å². The molecule has 0 saturated carbocycles. The predicted octanol–water partition coefficient (Wildman–Crippen LogP) is 4.51. The Balaban J connectivity index is 2.59. The van der Waals surface area contributed by atoms with Gasteiger partial charge in [0.05, 0.1) is 0 Å². The third-order valence-electron chi connectivity index (χ3n) is 3.24. The first-order valence-corrected chi connectivity index (χ1v) is 8.59. The number of nitrogens with one attached hydrogen (secondary N) is 2. The van der Waals surface area contributed by atoms with E-state index in [1.54, 1.807) is 6.07 Å². The second kappa shape index (κ2) is 9.23. The maximum absolute atomic E-state index is 13.8. The molecule has 1 aromatic rings. The van der Waals surface area contributed by atoms with Crippen LogP contribution in [0.3, 0.4) is 0 Å². The molecule has 1 unspecified atom stereocenters. The summed E-state index contributed by atoms with van der Waals surface area (Å²) in [6, 6.07) is 4.50. The fourth-order valence-electron chi connectivity index (χ4n) is 2.26. The van der Waals surface area contributed by atoms with Gasteiger partial charge in [-0.1, -0.05) is 25.4 Å². The van der Waals surface area contributed by atoms with Crippen LogP contribution in [-0.2, 0) is 11.3 Å². The third kappa shape index (κ3) is 8.50. The van der Waals surface area contributed by atoms with Crippen molar-refractivity contribution in [1.82, 2.24) is 10.6 Å². The minimum Gasteiger partial charge on any atom is -0.444 e. The van der Waals surface area contributed by atoms with Crippen LogP contribution in [0, 0.1) is 11.7 Å². The van der Waals surface area contributed by atoms with Gasteiger partial charge in [0.25, 0.3) is 0 Å². The molecule has 0 radical (unpaired) electrons. The van der Waals surface area contributed by atoms with Gasteiger partial charge in [-0.2, -0.15) is 0 Å². The molecule has 0 saturated heterocycles. The number of rotatable bonds is 7. The Morgan fingerprint density at radius 3 is 2.58 bits per heavy atom. The molecule has 0 bridgehead atoms. The maximum atomic E-state index is 13.8. The van der Waals surface area contributed by atoms with Crippen molar-refractivity contribution < 1.29 is 13.9 Å². The summed E-state index contributed by atoms with van der Waals surface area (Å²) in [4.78, 5) is 11.8. The van der Waals surface area contributed by atoms with Crippen LogP contribution in [-0.4, -0.2) is 24.3 Å². The van der Waals surface area contributed by atoms with Gasteiger partial charge in [-0.3, -0.25) is 0 Å². The van der Waals surface area contributed by atoms with E-state index < -0.39 is 11.7 Å². The Labute approximate surface area is 149 Å². The van der Waals surface area contributed by atoms with E-state index in [2.05, 4.69) is 24.5 Å². The highest BCUT2D eigenvalue weighted by molar-refractivity contribution is 6.30. The molecule has 24 heavy (non-hydrogen) atoms. The molecule has 2 N–H and O–H groups in total. The molecule has 1 rings (SSSR count). The summed E-state index contributed by atoms with van der Waals surface area (Å²) in [7, 11) is 0. The van der Waals surface area contributed by atoms with Gasteiger partial charge >= 0.3 is 6.09 Å². The topological polar surface area (TPSA) is 50.4 Å². The molecular formula is C18H28ClFN2O2. The monoisotopic (exact) mass is 358 g/mol. The zero-order valence-corrected chi connectivity index (χ0v) is 15.8. The lowest BCUT2D eigenvalue weighted by Gasteiger charge is -2.24. The Morgan fingerprint density at radius 2 is 2.00 bits per heavy atom. The largest absolute Gasteiger partial charge is 0.444 e. The number of alkyl carbamates (subject to hydrolysis) is 1. The normalized spacial score (nSPS) is 13.0. The van der Waals surface area contributed by atoms with Crippen molar-refractivity contribution in [1.29, 1.82) is 0 Å². The van der Waals surface area contributed by atoms with Gasteiger partial charge in [0.1, 0.15) is 11.4 Å². The van der Waals surface area contributed by atoms with E-state index >= 15 is 0 Å². The van der Waals surface area contributed by atoms with Gasteiger partial charge in [0, 0.05) is 29.7 Å². The van der Waals surface area contributed by atoms with E-state index in [-0.39, 0.29) is 11.9 Å². The number of amides is 1. The number of ether oxygens (including phenoxy) is 1. The van der Waals surface area contributed by atoms with Gasteiger partial charge in [0.2, 0.25) is 0 Å². The number of carbonyl (C=O) groups is 1. The van der Waals surface area contributed by atoms with Gasteiger partial charge in [-0.15, -0.1) is 0 Å². The highest BCUT2D eigenvalue weighted by atomic mass is 35.5. The van der Waals surface area contributed by atoms with Crippen LogP contribution in [0.25, 0.3) is 0 Å². The highest BCUT2D eigenvalue weighted by Gasteiger charge is 2.18. The molecule has 1 amide bonds. The smallest absolute Gasteiger partial charge is 0.407 e. The molecule has 0 aliphatic carbocycles. The Hall–Kier alpha value is -1.33. The average molecular weight is 359 g/mol. The molecule has 0 aliphatic rings. The Morgan fingerprint density at radius 1 is 1.33 bits per heavy atom. The van der Waals surface area contributed by atoms with Crippen LogP contribution < -0.4 is 10.6 Å². The number of halogens is 2. The SMILES string of the molecule is CC(C)CC(CNC(=O)OC(C)(C)C)NCc1cc(Cl)ccc1F. The van der Waals surface area contributed by atoms with Crippen LogP contribution in [0.4, 0.5) is 9.18 Å². The Bertz CT molecular complexity index is 544. The molecule has 0 aliphatic heterocycles. The summed E-state index contributed by atoms with van der Waals surface area (Å²) in [5.41, 5.74) is -0.0249. The average Bonchev–Trinajstić information content (AvgIpc) is 2.43. The molecule has 4 nitrogen and oxygen atoms in total. The van der Waals surface area contributed by atoms with E-state index in [0.717, 1.165) is 6.42 Å². The first-order valence-electron chi connectivity index (χ1n) is 8.21. The first-order chi connectivity index (χ1) is 11.1. The number of hydrogen-bond donors (Lipinski definition) is 2. The number of hydrogen-bond acceptors (Lipinski definition) is 3. The molecule has 1 atom stereocenters. The second-order valence-electron chi connectivity index (χ2n) is 7.33. The summed E-state index contributed by atoms with van der Waals surface area (Å²) < 4.78 is 19.0. The first kappa shape index (κ1) is 20.7. The van der Waals surface area contributed by atoms with Crippen molar-refractivity contribution in [3.05, 3.63) is 34.6 Å². The molecule has 0 heterocycles. The fourth-order valence-corrected chi connectivity index (χ4v) is 2.46. The van der Waals surface area contributed by atoms with Crippen LogP contribution in [0.1, 0.15) is 46.6 Å². The maximum Gasteiger partial charge on any atom is 0.407 e. The van der Waals surface area contributed by atoms with Crippen LogP contribution in [0.15, 0.2) is 18.2 Å². The van der Waals surface area contributed by atoms with E-state index in [1.165, 1.54) is 12.1 Å². The zero-order chi connectivity index (χ0) is 18.3. The second-order valence-corrected chi connectivity index (χ2v) is 7.76. The molecule has 6 heteroatoms. The lowest BCUT2D eigenvalue weighted by atomic mass is 10.0. The molecule has 0 aromatic heterocycles. The van der Waals surface area contributed by atoms with Crippen LogP contribution in [0.5, 0.6) is 0 Å². The Kier molecular flexibility index (Phi) is 7.97. The van der Waals surface area contributed by atoms with Crippen LogP contribution >= 0.6 is 11.6 Å².